The molecule has 0 atom stereocenters. The number of aromatic amines is 1. The third kappa shape index (κ3) is 2.97. The largest absolute Gasteiger partial charge is 0.476 e. The normalized spacial score (nSPS) is 10.3. The summed E-state index contributed by atoms with van der Waals surface area (Å²) in [5.41, 5.74) is 5.46. The number of amides is 1. The molecule has 5 nitrogen and oxygen atoms in total. The predicted octanol–water partition coefficient (Wildman–Crippen LogP) is 1.25. The van der Waals surface area contributed by atoms with Crippen LogP contribution in [-0.4, -0.2) is 22.5 Å². The molecule has 0 bridgehead atoms. The highest BCUT2D eigenvalue weighted by atomic mass is 16.5. The van der Waals surface area contributed by atoms with E-state index in [-0.39, 0.29) is 5.69 Å². The molecule has 0 unspecified atom stereocenters. The molecule has 15 heavy (non-hydrogen) atoms. The zero-order chi connectivity index (χ0) is 11.3. The SMILES string of the molecule is CCCCc1nc(OCC)c(C(N)=O)[nH]1. The van der Waals surface area contributed by atoms with E-state index in [1.807, 2.05) is 6.92 Å². The van der Waals surface area contributed by atoms with Crippen LogP contribution >= 0.6 is 0 Å². The number of rotatable bonds is 6. The van der Waals surface area contributed by atoms with Crippen LogP contribution in [0.2, 0.25) is 0 Å². The number of carbonyl (C=O) groups excluding carboxylic acids is 1. The number of nitrogens with one attached hydrogen (secondary N) is 1. The first kappa shape index (κ1) is 11.6. The Hall–Kier alpha value is -1.52. The molecule has 3 N–H and O–H groups in total. The van der Waals surface area contributed by atoms with Crippen molar-refractivity contribution in [3.8, 4) is 5.88 Å². The standard InChI is InChI=1S/C10H17N3O2/c1-3-5-6-7-12-8(9(11)14)10(13-7)15-4-2/h3-6H2,1-2H3,(H2,11,14)(H,12,13). The molecule has 0 aliphatic carbocycles. The van der Waals surface area contributed by atoms with Crippen LogP contribution in [0.25, 0.3) is 0 Å². The van der Waals surface area contributed by atoms with Crippen molar-refractivity contribution in [2.24, 2.45) is 5.73 Å². The van der Waals surface area contributed by atoms with E-state index in [9.17, 15) is 4.79 Å². The molecule has 1 aromatic heterocycles. The van der Waals surface area contributed by atoms with Crippen LogP contribution in [0.15, 0.2) is 0 Å². The second-order valence-corrected chi connectivity index (χ2v) is 3.26. The van der Waals surface area contributed by atoms with Crippen molar-refractivity contribution in [3.05, 3.63) is 11.5 Å². The van der Waals surface area contributed by atoms with Gasteiger partial charge in [-0.05, 0) is 13.3 Å². The number of carbonyl (C=O) groups is 1. The van der Waals surface area contributed by atoms with Gasteiger partial charge >= 0.3 is 0 Å². The smallest absolute Gasteiger partial charge is 0.270 e. The van der Waals surface area contributed by atoms with Gasteiger partial charge in [0.1, 0.15) is 5.82 Å². The van der Waals surface area contributed by atoms with Crippen LogP contribution in [0.5, 0.6) is 5.88 Å². The van der Waals surface area contributed by atoms with Crippen molar-refractivity contribution < 1.29 is 9.53 Å². The van der Waals surface area contributed by atoms with Crippen molar-refractivity contribution in [1.82, 2.24) is 9.97 Å². The van der Waals surface area contributed by atoms with Crippen LogP contribution in [0.1, 0.15) is 43.0 Å². The fourth-order valence-electron chi connectivity index (χ4n) is 1.27. The van der Waals surface area contributed by atoms with E-state index in [2.05, 4.69) is 16.9 Å². The maximum atomic E-state index is 11.1. The molecule has 0 fully saturated rings. The predicted molar refractivity (Wildman–Crippen MR) is 56.9 cm³/mol. The summed E-state index contributed by atoms with van der Waals surface area (Å²) in [4.78, 5) is 18.1. The summed E-state index contributed by atoms with van der Waals surface area (Å²) in [6, 6.07) is 0. The first-order valence-corrected chi connectivity index (χ1v) is 5.20. The van der Waals surface area contributed by atoms with Crippen molar-refractivity contribution in [2.75, 3.05) is 6.61 Å². The summed E-state index contributed by atoms with van der Waals surface area (Å²) in [5, 5.41) is 0. The van der Waals surface area contributed by atoms with Gasteiger partial charge in [0.15, 0.2) is 5.69 Å². The summed E-state index contributed by atoms with van der Waals surface area (Å²) < 4.78 is 5.22. The van der Waals surface area contributed by atoms with Gasteiger partial charge < -0.3 is 15.5 Å². The highest BCUT2D eigenvalue weighted by Crippen LogP contribution is 2.15. The van der Waals surface area contributed by atoms with Gasteiger partial charge in [-0.3, -0.25) is 4.79 Å². The number of hydrogen-bond donors (Lipinski definition) is 2. The zero-order valence-corrected chi connectivity index (χ0v) is 9.17. The topological polar surface area (TPSA) is 81.0 Å². The van der Waals surface area contributed by atoms with Crippen molar-refractivity contribution in [1.29, 1.82) is 0 Å². The molecule has 0 aliphatic heterocycles. The average molecular weight is 211 g/mol. The lowest BCUT2D eigenvalue weighted by atomic mass is 10.2. The molecule has 0 spiro atoms. The number of aromatic nitrogens is 2. The third-order valence-corrected chi connectivity index (χ3v) is 2.01. The summed E-state index contributed by atoms with van der Waals surface area (Å²) in [7, 11) is 0. The lowest BCUT2D eigenvalue weighted by Gasteiger charge is -1.98. The molecular formula is C10H17N3O2. The Morgan fingerprint density at radius 1 is 1.53 bits per heavy atom. The number of nitrogens with zero attached hydrogens (tertiary/aromatic N) is 1. The van der Waals surface area contributed by atoms with Crippen LogP contribution in [0.4, 0.5) is 0 Å². The highest BCUT2D eigenvalue weighted by Gasteiger charge is 2.15. The number of hydrogen-bond acceptors (Lipinski definition) is 3. The van der Waals surface area contributed by atoms with Gasteiger partial charge in [0, 0.05) is 6.42 Å². The summed E-state index contributed by atoms with van der Waals surface area (Å²) in [6.07, 6.45) is 2.91. The molecule has 0 saturated heterocycles. The van der Waals surface area contributed by atoms with E-state index >= 15 is 0 Å². The molecular weight excluding hydrogens is 194 g/mol. The Labute approximate surface area is 89.0 Å². The van der Waals surface area contributed by atoms with E-state index in [4.69, 9.17) is 10.5 Å². The van der Waals surface area contributed by atoms with E-state index < -0.39 is 5.91 Å². The number of H-pyrrole nitrogens is 1. The Balaban J connectivity index is 2.83. The van der Waals surface area contributed by atoms with Crippen LogP contribution < -0.4 is 10.5 Å². The number of ether oxygens (including phenoxy) is 1. The van der Waals surface area contributed by atoms with E-state index in [1.54, 1.807) is 0 Å². The third-order valence-electron chi connectivity index (χ3n) is 2.01. The quantitative estimate of drug-likeness (QED) is 0.743. The second-order valence-electron chi connectivity index (χ2n) is 3.26. The molecule has 5 heteroatoms. The fraction of sp³-hybridized carbons (Fsp3) is 0.600. The molecule has 1 amide bonds. The summed E-state index contributed by atoms with van der Waals surface area (Å²) in [6.45, 7) is 4.41. The van der Waals surface area contributed by atoms with Gasteiger partial charge in [-0.2, -0.15) is 4.98 Å². The Bertz CT molecular complexity index is 333. The molecule has 1 heterocycles. The molecule has 0 aliphatic rings. The number of imidazole rings is 1. The summed E-state index contributed by atoms with van der Waals surface area (Å²) in [5.74, 6) is 0.541. The number of aryl methyl sites for hydroxylation is 1. The molecule has 0 saturated carbocycles. The van der Waals surface area contributed by atoms with Gasteiger partial charge in [0.2, 0.25) is 5.88 Å². The summed E-state index contributed by atoms with van der Waals surface area (Å²) >= 11 is 0. The second kappa shape index (κ2) is 5.38. The van der Waals surface area contributed by atoms with Gasteiger partial charge in [0.25, 0.3) is 5.91 Å². The molecule has 84 valence electrons. The van der Waals surface area contributed by atoms with Gasteiger partial charge in [-0.1, -0.05) is 13.3 Å². The van der Waals surface area contributed by atoms with Gasteiger partial charge in [0.05, 0.1) is 6.61 Å². The van der Waals surface area contributed by atoms with E-state index in [0.717, 1.165) is 25.1 Å². The maximum absolute atomic E-state index is 11.1. The van der Waals surface area contributed by atoms with Crippen LogP contribution in [0.3, 0.4) is 0 Å². The fourth-order valence-corrected chi connectivity index (χ4v) is 1.27. The lowest BCUT2D eigenvalue weighted by Crippen LogP contribution is -2.13. The van der Waals surface area contributed by atoms with Crippen molar-refractivity contribution in [2.45, 2.75) is 33.1 Å². The molecule has 0 radical (unpaired) electrons. The zero-order valence-electron chi connectivity index (χ0n) is 9.17. The number of unbranched alkanes of at least 4 members (excludes halogenated alkanes) is 1. The van der Waals surface area contributed by atoms with Crippen LogP contribution in [0, 0.1) is 0 Å². The minimum absolute atomic E-state index is 0.267. The Morgan fingerprint density at radius 2 is 2.27 bits per heavy atom. The Kier molecular flexibility index (Phi) is 4.15. The monoisotopic (exact) mass is 211 g/mol. The molecule has 1 rings (SSSR count). The van der Waals surface area contributed by atoms with Gasteiger partial charge in [-0.15, -0.1) is 0 Å². The maximum Gasteiger partial charge on any atom is 0.270 e. The number of nitrogens with two attached hydrogens (primary N) is 1. The first-order valence-electron chi connectivity index (χ1n) is 5.20. The molecule has 1 aromatic rings. The average Bonchev–Trinajstić information content (AvgIpc) is 2.59. The van der Waals surface area contributed by atoms with Crippen molar-refractivity contribution >= 4 is 5.91 Å². The van der Waals surface area contributed by atoms with Crippen LogP contribution in [-0.2, 0) is 6.42 Å². The minimum Gasteiger partial charge on any atom is -0.476 e. The number of primary amides is 1. The first-order chi connectivity index (χ1) is 7.19. The van der Waals surface area contributed by atoms with Crippen molar-refractivity contribution in [3.63, 3.8) is 0 Å². The van der Waals surface area contributed by atoms with E-state index in [0.29, 0.717) is 12.5 Å². The minimum atomic E-state index is -0.534. The molecule has 0 aromatic carbocycles. The highest BCUT2D eigenvalue weighted by molar-refractivity contribution is 5.93. The van der Waals surface area contributed by atoms with Gasteiger partial charge in [-0.25, -0.2) is 0 Å². The lowest BCUT2D eigenvalue weighted by molar-refractivity contribution is 0.0992. The van der Waals surface area contributed by atoms with E-state index in [1.165, 1.54) is 0 Å². The Morgan fingerprint density at radius 3 is 2.80 bits per heavy atom.